The molecule has 1 atom stereocenters. The fraction of sp³-hybridized carbons (Fsp3) is 0.423. The predicted octanol–water partition coefficient (Wildman–Crippen LogP) is 3.49. The average molecular weight is 492 g/mol. The van der Waals surface area contributed by atoms with E-state index in [1.807, 2.05) is 6.07 Å². The van der Waals surface area contributed by atoms with Gasteiger partial charge in [0.25, 0.3) is 11.8 Å². The van der Waals surface area contributed by atoms with Crippen LogP contribution >= 0.6 is 0 Å². The standard InChI is InChI=1S/C26H29N5O5/c1-13(2)21(26(34)35)28-24(33)20-12-27-25(36-20)17-5-3-4-16(10-17)18-11-19(31-30-18)23(32)29-22(14-6-7-14)15-8-9-15/h3-5,10-15,21-22H,6-9H2,1-2H3,(H,28,33)(H,29,32)(H,30,31)(H,34,35)/t21-/m0/s1. The Hall–Kier alpha value is -3.95. The van der Waals surface area contributed by atoms with Crippen LogP contribution < -0.4 is 10.6 Å². The van der Waals surface area contributed by atoms with E-state index in [4.69, 9.17) is 4.42 Å². The van der Waals surface area contributed by atoms with E-state index in [9.17, 15) is 19.5 Å². The highest BCUT2D eigenvalue weighted by atomic mass is 16.4. The number of aliphatic carboxylic acids is 1. The number of carbonyl (C=O) groups is 3. The Morgan fingerprint density at radius 3 is 2.36 bits per heavy atom. The molecule has 10 nitrogen and oxygen atoms in total. The third-order valence-corrected chi connectivity index (χ3v) is 6.73. The van der Waals surface area contributed by atoms with Crippen LogP contribution in [0.5, 0.6) is 0 Å². The number of rotatable bonds is 10. The summed E-state index contributed by atoms with van der Waals surface area (Å²) in [4.78, 5) is 40.8. The lowest BCUT2D eigenvalue weighted by Crippen LogP contribution is -2.44. The van der Waals surface area contributed by atoms with Crippen LogP contribution in [0.3, 0.4) is 0 Å². The number of hydrogen-bond donors (Lipinski definition) is 4. The van der Waals surface area contributed by atoms with E-state index in [0.717, 1.165) is 5.56 Å². The summed E-state index contributed by atoms with van der Waals surface area (Å²) in [5.41, 5.74) is 2.37. The second-order valence-corrected chi connectivity index (χ2v) is 9.98. The van der Waals surface area contributed by atoms with Crippen molar-refractivity contribution in [1.29, 1.82) is 0 Å². The highest BCUT2D eigenvalue weighted by Gasteiger charge is 2.42. The van der Waals surface area contributed by atoms with Crippen molar-refractivity contribution in [3.63, 3.8) is 0 Å². The monoisotopic (exact) mass is 491 g/mol. The van der Waals surface area contributed by atoms with Gasteiger partial charge in [0.2, 0.25) is 11.7 Å². The fourth-order valence-corrected chi connectivity index (χ4v) is 4.40. The zero-order valence-corrected chi connectivity index (χ0v) is 20.2. The number of aromatic nitrogens is 3. The molecule has 2 amide bonds. The quantitative estimate of drug-likeness (QED) is 0.339. The molecular weight excluding hydrogens is 462 g/mol. The lowest BCUT2D eigenvalue weighted by molar-refractivity contribution is -0.140. The van der Waals surface area contributed by atoms with Crippen molar-refractivity contribution in [3.05, 3.63) is 48.0 Å². The largest absolute Gasteiger partial charge is 0.480 e. The predicted molar refractivity (Wildman–Crippen MR) is 130 cm³/mol. The summed E-state index contributed by atoms with van der Waals surface area (Å²) in [6, 6.07) is 8.18. The van der Waals surface area contributed by atoms with Gasteiger partial charge in [-0.2, -0.15) is 5.10 Å². The Morgan fingerprint density at radius 2 is 1.72 bits per heavy atom. The number of carboxylic acids is 1. The highest BCUT2D eigenvalue weighted by molar-refractivity contribution is 5.95. The Morgan fingerprint density at radius 1 is 1.03 bits per heavy atom. The molecule has 2 aliphatic rings. The summed E-state index contributed by atoms with van der Waals surface area (Å²) in [6.07, 6.45) is 6.01. The van der Waals surface area contributed by atoms with Crippen molar-refractivity contribution >= 4 is 17.8 Å². The molecule has 2 saturated carbocycles. The normalized spacial score (nSPS) is 16.2. The minimum Gasteiger partial charge on any atom is -0.480 e. The molecule has 1 aromatic carbocycles. The number of hydrogen-bond acceptors (Lipinski definition) is 6. The van der Waals surface area contributed by atoms with Gasteiger partial charge in [-0.25, -0.2) is 9.78 Å². The van der Waals surface area contributed by atoms with Crippen molar-refractivity contribution in [1.82, 2.24) is 25.8 Å². The van der Waals surface area contributed by atoms with E-state index >= 15 is 0 Å². The second-order valence-electron chi connectivity index (χ2n) is 9.98. The number of nitrogens with one attached hydrogen (secondary N) is 3. The molecular formula is C26H29N5O5. The van der Waals surface area contributed by atoms with E-state index in [2.05, 4.69) is 25.8 Å². The zero-order chi connectivity index (χ0) is 25.4. The minimum absolute atomic E-state index is 0.0816. The van der Waals surface area contributed by atoms with Gasteiger partial charge in [0.15, 0.2) is 0 Å². The molecule has 5 rings (SSSR count). The number of benzene rings is 1. The van der Waals surface area contributed by atoms with E-state index in [0.29, 0.717) is 28.8 Å². The van der Waals surface area contributed by atoms with Crippen LogP contribution in [-0.2, 0) is 4.79 Å². The summed E-state index contributed by atoms with van der Waals surface area (Å²) in [7, 11) is 0. The summed E-state index contributed by atoms with van der Waals surface area (Å²) >= 11 is 0. The first-order valence-electron chi connectivity index (χ1n) is 12.3. The molecule has 0 saturated heterocycles. The van der Waals surface area contributed by atoms with Gasteiger partial charge in [-0.05, 0) is 61.6 Å². The van der Waals surface area contributed by atoms with Gasteiger partial charge in [-0.15, -0.1) is 0 Å². The molecule has 2 heterocycles. The van der Waals surface area contributed by atoms with E-state index in [-0.39, 0.29) is 29.5 Å². The first-order valence-corrected chi connectivity index (χ1v) is 12.3. The maximum atomic E-state index is 12.8. The van der Waals surface area contributed by atoms with Gasteiger partial charge >= 0.3 is 5.97 Å². The lowest BCUT2D eigenvalue weighted by Gasteiger charge is -2.16. The SMILES string of the molecule is CC(C)[C@H](NC(=O)c1cnc(-c2cccc(-c3cc(C(=O)NC(C4CC4)C4CC4)[nH]n3)c2)o1)C(=O)O. The Labute approximate surface area is 207 Å². The molecule has 0 aliphatic heterocycles. The molecule has 3 aromatic rings. The van der Waals surface area contributed by atoms with E-state index in [1.165, 1.54) is 31.9 Å². The first-order chi connectivity index (χ1) is 17.3. The maximum Gasteiger partial charge on any atom is 0.326 e. The molecule has 36 heavy (non-hydrogen) atoms. The molecule has 2 aliphatic carbocycles. The summed E-state index contributed by atoms with van der Waals surface area (Å²) in [5, 5.41) is 22.1. The van der Waals surface area contributed by atoms with Crippen molar-refractivity contribution in [2.24, 2.45) is 17.8 Å². The zero-order valence-electron chi connectivity index (χ0n) is 20.2. The van der Waals surface area contributed by atoms with Crippen LogP contribution in [0.1, 0.15) is 60.6 Å². The molecule has 10 heteroatoms. The van der Waals surface area contributed by atoms with Crippen LogP contribution in [-0.4, -0.2) is 50.2 Å². The molecule has 4 N–H and O–H groups in total. The molecule has 0 radical (unpaired) electrons. The fourth-order valence-electron chi connectivity index (χ4n) is 4.40. The number of H-pyrrole nitrogens is 1. The van der Waals surface area contributed by atoms with Gasteiger partial charge < -0.3 is 20.2 Å². The van der Waals surface area contributed by atoms with Crippen molar-refractivity contribution < 1.29 is 23.9 Å². The summed E-state index contributed by atoms with van der Waals surface area (Å²) in [5.74, 6) is -0.858. The third-order valence-electron chi connectivity index (χ3n) is 6.73. The minimum atomic E-state index is -1.12. The summed E-state index contributed by atoms with van der Waals surface area (Å²) < 4.78 is 5.62. The van der Waals surface area contributed by atoms with Crippen molar-refractivity contribution in [2.45, 2.75) is 51.6 Å². The van der Waals surface area contributed by atoms with Gasteiger partial charge in [0.05, 0.1) is 11.9 Å². The van der Waals surface area contributed by atoms with Crippen LogP contribution in [0.25, 0.3) is 22.7 Å². The van der Waals surface area contributed by atoms with Gasteiger partial charge in [0.1, 0.15) is 11.7 Å². The van der Waals surface area contributed by atoms with E-state index < -0.39 is 17.9 Å². The van der Waals surface area contributed by atoms with Crippen molar-refractivity contribution in [2.75, 3.05) is 0 Å². The molecule has 0 spiro atoms. The topological polar surface area (TPSA) is 150 Å². The molecule has 188 valence electrons. The highest BCUT2D eigenvalue weighted by Crippen LogP contribution is 2.44. The second kappa shape index (κ2) is 9.60. The Kier molecular flexibility index (Phi) is 6.34. The Bertz CT molecular complexity index is 1280. The lowest BCUT2D eigenvalue weighted by atomic mass is 10.0. The molecule has 0 bridgehead atoms. The van der Waals surface area contributed by atoms with Gasteiger partial charge in [-0.1, -0.05) is 26.0 Å². The average Bonchev–Trinajstić information content (AvgIpc) is 3.78. The number of carboxylic acid groups (broad SMARTS) is 1. The first kappa shape index (κ1) is 23.8. The third kappa shape index (κ3) is 5.17. The molecule has 2 fully saturated rings. The maximum absolute atomic E-state index is 12.8. The van der Waals surface area contributed by atoms with E-state index in [1.54, 1.807) is 38.1 Å². The number of carbonyl (C=O) groups excluding carboxylic acids is 2. The number of aromatic amines is 1. The van der Waals surface area contributed by atoms with Crippen molar-refractivity contribution in [3.8, 4) is 22.7 Å². The molecule has 0 unspecified atom stereocenters. The number of amides is 2. The smallest absolute Gasteiger partial charge is 0.326 e. The van der Waals surface area contributed by atoms with Crippen LogP contribution in [0.4, 0.5) is 0 Å². The summed E-state index contributed by atoms with van der Waals surface area (Å²) in [6.45, 7) is 3.41. The van der Waals surface area contributed by atoms with Crippen LogP contribution in [0.15, 0.2) is 40.9 Å². The Balaban J connectivity index is 1.28. The van der Waals surface area contributed by atoms with Crippen LogP contribution in [0, 0.1) is 17.8 Å². The van der Waals surface area contributed by atoms with Gasteiger partial charge in [-0.3, -0.25) is 14.7 Å². The molecule has 2 aromatic heterocycles. The van der Waals surface area contributed by atoms with Crippen LogP contribution in [0.2, 0.25) is 0 Å². The number of oxazole rings is 1. The van der Waals surface area contributed by atoms with Gasteiger partial charge in [0, 0.05) is 17.2 Å². The number of nitrogens with zero attached hydrogens (tertiary/aromatic N) is 2.